The van der Waals surface area contributed by atoms with E-state index in [-0.39, 0.29) is 0 Å². The van der Waals surface area contributed by atoms with Gasteiger partial charge >= 0.3 is 0 Å². The second kappa shape index (κ2) is 4.37. The molecule has 1 aromatic heterocycles. The molecular weight excluding hydrogens is 176 g/mol. The van der Waals surface area contributed by atoms with Gasteiger partial charge in [-0.15, -0.1) is 5.10 Å². The maximum Gasteiger partial charge on any atom is 0.148 e. The summed E-state index contributed by atoms with van der Waals surface area (Å²) < 4.78 is 0. The number of hydrogen-bond acceptors (Lipinski definition) is 4. The van der Waals surface area contributed by atoms with Crippen molar-refractivity contribution in [3.8, 4) is 0 Å². The molecule has 0 aromatic carbocycles. The Morgan fingerprint density at radius 3 is 3.07 bits per heavy atom. The summed E-state index contributed by atoms with van der Waals surface area (Å²) in [5, 5.41) is 14.7. The first-order valence-electron chi connectivity index (χ1n) is 5.12. The SMILES string of the molecule is Cc1ccc(NC[C@@H]2CCCN2)nn1. The van der Waals surface area contributed by atoms with Crippen LogP contribution in [0.4, 0.5) is 5.82 Å². The number of hydrogen-bond donors (Lipinski definition) is 2. The van der Waals surface area contributed by atoms with Crippen LogP contribution < -0.4 is 10.6 Å². The van der Waals surface area contributed by atoms with Crippen LogP contribution in [0.15, 0.2) is 12.1 Å². The Labute approximate surface area is 84.1 Å². The first kappa shape index (κ1) is 9.40. The van der Waals surface area contributed by atoms with E-state index in [9.17, 15) is 0 Å². The molecule has 0 spiro atoms. The molecule has 0 amide bonds. The quantitative estimate of drug-likeness (QED) is 0.748. The van der Waals surface area contributed by atoms with Crippen molar-refractivity contribution in [3.63, 3.8) is 0 Å². The Morgan fingerprint density at radius 2 is 2.43 bits per heavy atom. The van der Waals surface area contributed by atoms with Gasteiger partial charge in [-0.1, -0.05) is 0 Å². The van der Waals surface area contributed by atoms with E-state index in [1.54, 1.807) is 0 Å². The van der Waals surface area contributed by atoms with Crippen LogP contribution in [0.1, 0.15) is 18.5 Å². The van der Waals surface area contributed by atoms with Gasteiger partial charge in [0.15, 0.2) is 0 Å². The van der Waals surface area contributed by atoms with E-state index in [1.807, 2.05) is 19.1 Å². The first-order chi connectivity index (χ1) is 6.84. The molecular formula is C10H16N4. The van der Waals surface area contributed by atoms with Crippen LogP contribution in [0.25, 0.3) is 0 Å². The fourth-order valence-electron chi connectivity index (χ4n) is 1.65. The van der Waals surface area contributed by atoms with Crippen LogP contribution in [-0.2, 0) is 0 Å². The Bertz CT molecular complexity index is 277. The molecule has 0 bridgehead atoms. The van der Waals surface area contributed by atoms with Gasteiger partial charge in [0, 0.05) is 12.6 Å². The summed E-state index contributed by atoms with van der Waals surface area (Å²) in [6.45, 7) is 4.03. The molecule has 14 heavy (non-hydrogen) atoms. The van der Waals surface area contributed by atoms with E-state index in [0.29, 0.717) is 6.04 Å². The molecule has 0 saturated carbocycles. The third kappa shape index (κ3) is 2.42. The van der Waals surface area contributed by atoms with Gasteiger partial charge in [-0.3, -0.25) is 0 Å². The summed E-state index contributed by atoms with van der Waals surface area (Å²) in [5.41, 5.74) is 0.953. The summed E-state index contributed by atoms with van der Waals surface area (Å²) in [5.74, 6) is 0.865. The Balaban J connectivity index is 1.82. The van der Waals surface area contributed by atoms with E-state index in [2.05, 4.69) is 20.8 Å². The Hall–Kier alpha value is -1.16. The lowest BCUT2D eigenvalue weighted by Gasteiger charge is -2.11. The molecule has 2 heterocycles. The molecule has 1 saturated heterocycles. The van der Waals surface area contributed by atoms with Gasteiger partial charge in [-0.05, 0) is 38.4 Å². The van der Waals surface area contributed by atoms with Crippen molar-refractivity contribution in [3.05, 3.63) is 17.8 Å². The van der Waals surface area contributed by atoms with Crippen molar-refractivity contribution in [1.82, 2.24) is 15.5 Å². The minimum atomic E-state index is 0.595. The lowest BCUT2D eigenvalue weighted by molar-refractivity contribution is 0.632. The van der Waals surface area contributed by atoms with Gasteiger partial charge in [-0.25, -0.2) is 0 Å². The van der Waals surface area contributed by atoms with Crippen LogP contribution in [0, 0.1) is 6.92 Å². The van der Waals surface area contributed by atoms with Crippen LogP contribution in [0.5, 0.6) is 0 Å². The number of aromatic nitrogens is 2. The minimum Gasteiger partial charge on any atom is -0.367 e. The van der Waals surface area contributed by atoms with Crippen molar-refractivity contribution in [2.45, 2.75) is 25.8 Å². The second-order valence-corrected chi connectivity index (χ2v) is 3.73. The maximum atomic E-state index is 4.05. The van der Waals surface area contributed by atoms with Crippen molar-refractivity contribution < 1.29 is 0 Å². The number of rotatable bonds is 3. The molecule has 1 fully saturated rings. The maximum absolute atomic E-state index is 4.05. The smallest absolute Gasteiger partial charge is 0.148 e. The molecule has 4 heteroatoms. The van der Waals surface area contributed by atoms with Crippen LogP contribution in [0.2, 0.25) is 0 Å². The molecule has 0 unspecified atom stereocenters. The zero-order valence-corrected chi connectivity index (χ0v) is 8.45. The van der Waals surface area contributed by atoms with Gasteiger partial charge in [0.1, 0.15) is 5.82 Å². The zero-order chi connectivity index (χ0) is 9.80. The Morgan fingerprint density at radius 1 is 1.50 bits per heavy atom. The predicted molar refractivity (Wildman–Crippen MR) is 56.3 cm³/mol. The average Bonchev–Trinajstić information content (AvgIpc) is 2.70. The largest absolute Gasteiger partial charge is 0.367 e. The minimum absolute atomic E-state index is 0.595. The number of aryl methyl sites for hydroxylation is 1. The third-order valence-corrected chi connectivity index (χ3v) is 2.49. The fraction of sp³-hybridized carbons (Fsp3) is 0.600. The molecule has 0 aliphatic carbocycles. The van der Waals surface area contributed by atoms with Gasteiger partial charge < -0.3 is 10.6 Å². The second-order valence-electron chi connectivity index (χ2n) is 3.73. The monoisotopic (exact) mass is 192 g/mol. The van der Waals surface area contributed by atoms with Crippen LogP contribution >= 0.6 is 0 Å². The van der Waals surface area contributed by atoms with E-state index in [0.717, 1.165) is 24.6 Å². The number of nitrogens with one attached hydrogen (secondary N) is 2. The predicted octanol–water partition coefficient (Wildman–Crippen LogP) is 0.949. The highest BCUT2D eigenvalue weighted by molar-refractivity contribution is 5.32. The molecule has 1 aliphatic rings. The van der Waals surface area contributed by atoms with Crippen molar-refractivity contribution in [2.75, 3.05) is 18.4 Å². The van der Waals surface area contributed by atoms with E-state index in [4.69, 9.17) is 0 Å². The molecule has 1 aromatic rings. The van der Waals surface area contributed by atoms with Gasteiger partial charge in [0.25, 0.3) is 0 Å². The summed E-state index contributed by atoms with van der Waals surface area (Å²) in [4.78, 5) is 0. The zero-order valence-electron chi connectivity index (χ0n) is 8.45. The first-order valence-corrected chi connectivity index (χ1v) is 5.12. The van der Waals surface area contributed by atoms with Crippen LogP contribution in [-0.4, -0.2) is 29.3 Å². The van der Waals surface area contributed by atoms with E-state index < -0.39 is 0 Å². The molecule has 2 rings (SSSR count). The van der Waals surface area contributed by atoms with Crippen molar-refractivity contribution in [1.29, 1.82) is 0 Å². The highest BCUT2D eigenvalue weighted by atomic mass is 15.2. The molecule has 2 N–H and O–H groups in total. The van der Waals surface area contributed by atoms with E-state index in [1.165, 1.54) is 12.8 Å². The molecule has 1 atom stereocenters. The highest BCUT2D eigenvalue weighted by Crippen LogP contribution is 2.06. The average molecular weight is 192 g/mol. The fourth-order valence-corrected chi connectivity index (χ4v) is 1.65. The van der Waals surface area contributed by atoms with Gasteiger partial charge in [0.2, 0.25) is 0 Å². The van der Waals surface area contributed by atoms with E-state index >= 15 is 0 Å². The van der Waals surface area contributed by atoms with Crippen molar-refractivity contribution >= 4 is 5.82 Å². The normalized spacial score (nSPS) is 21.1. The Kier molecular flexibility index (Phi) is 2.93. The standard InChI is InChI=1S/C10H16N4/c1-8-4-5-10(14-13-8)12-7-9-3-2-6-11-9/h4-5,9,11H,2-3,6-7H2,1H3,(H,12,14)/t9-/m0/s1. The summed E-state index contributed by atoms with van der Waals surface area (Å²) >= 11 is 0. The lowest BCUT2D eigenvalue weighted by Crippen LogP contribution is -2.29. The molecule has 1 aliphatic heterocycles. The summed E-state index contributed by atoms with van der Waals surface area (Å²) in [6.07, 6.45) is 2.54. The van der Waals surface area contributed by atoms with Crippen LogP contribution in [0.3, 0.4) is 0 Å². The summed E-state index contributed by atoms with van der Waals surface area (Å²) in [7, 11) is 0. The number of anilines is 1. The van der Waals surface area contributed by atoms with Gasteiger partial charge in [0.05, 0.1) is 5.69 Å². The lowest BCUT2D eigenvalue weighted by atomic mass is 10.2. The molecule has 4 nitrogen and oxygen atoms in total. The molecule has 76 valence electrons. The van der Waals surface area contributed by atoms with Crippen molar-refractivity contribution in [2.24, 2.45) is 0 Å². The van der Waals surface area contributed by atoms with Gasteiger partial charge in [-0.2, -0.15) is 5.10 Å². The topological polar surface area (TPSA) is 49.8 Å². The number of nitrogens with zero attached hydrogens (tertiary/aromatic N) is 2. The third-order valence-electron chi connectivity index (χ3n) is 2.49. The summed E-state index contributed by atoms with van der Waals surface area (Å²) in [6, 6.07) is 4.53. The molecule has 0 radical (unpaired) electrons. The highest BCUT2D eigenvalue weighted by Gasteiger charge is 2.13.